The van der Waals surface area contributed by atoms with E-state index in [1.165, 1.54) is 10.6 Å². The van der Waals surface area contributed by atoms with Crippen LogP contribution < -0.4 is 15.3 Å². The fourth-order valence-electron chi connectivity index (χ4n) is 5.03. The van der Waals surface area contributed by atoms with Gasteiger partial charge in [-0.2, -0.15) is 9.50 Å². The quantitative estimate of drug-likeness (QED) is 0.289. The Morgan fingerprint density at radius 3 is 2.70 bits per heavy atom. The number of benzene rings is 1. The van der Waals surface area contributed by atoms with E-state index in [-0.39, 0.29) is 29.2 Å². The fraction of sp³-hybridized carbons (Fsp3) is 0.407. The molecule has 1 fully saturated rings. The third-order valence-electron chi connectivity index (χ3n) is 7.09. The lowest BCUT2D eigenvalue weighted by molar-refractivity contribution is 0.0283. The van der Waals surface area contributed by atoms with Gasteiger partial charge < -0.3 is 24.9 Å². The normalized spacial score (nSPS) is 15.4. The van der Waals surface area contributed by atoms with Gasteiger partial charge in [0.1, 0.15) is 22.9 Å². The number of nitrogens with two attached hydrogens (primary N) is 1. The Labute approximate surface area is 232 Å². The van der Waals surface area contributed by atoms with E-state index in [2.05, 4.69) is 20.0 Å². The summed E-state index contributed by atoms with van der Waals surface area (Å²) in [7, 11) is 0. The average molecular weight is 568 g/mol. The molecule has 1 aliphatic heterocycles. The summed E-state index contributed by atoms with van der Waals surface area (Å²) in [6.07, 6.45) is 3.15. The van der Waals surface area contributed by atoms with Gasteiger partial charge in [0.25, 0.3) is 0 Å². The first-order valence-corrected chi connectivity index (χ1v) is 13.9. The van der Waals surface area contributed by atoms with Crippen molar-refractivity contribution < 1.29 is 18.7 Å². The highest BCUT2D eigenvalue weighted by Crippen LogP contribution is 2.32. The molecule has 210 valence electrons. The molecule has 0 amide bonds. The Kier molecular flexibility index (Phi) is 6.80. The molecule has 11 nitrogen and oxygen atoms in total. The molecule has 4 aromatic heterocycles. The zero-order valence-electron chi connectivity index (χ0n) is 22.2. The van der Waals surface area contributed by atoms with Gasteiger partial charge in [-0.15, -0.1) is 5.10 Å². The molecule has 0 aliphatic carbocycles. The highest BCUT2D eigenvalue weighted by atomic mass is 32.1. The maximum atomic E-state index is 14.9. The molecular formula is C27H30FN7O4S. The van der Waals surface area contributed by atoms with Crippen molar-refractivity contribution in [3.05, 3.63) is 57.6 Å². The lowest BCUT2D eigenvalue weighted by Crippen LogP contribution is -2.36. The van der Waals surface area contributed by atoms with Crippen LogP contribution in [0.4, 0.5) is 10.3 Å². The molecule has 1 aromatic carbocycles. The molecular weight excluding hydrogens is 537 g/mol. The van der Waals surface area contributed by atoms with Gasteiger partial charge in [0.05, 0.1) is 11.9 Å². The molecule has 0 radical (unpaired) electrons. The third-order valence-corrected chi connectivity index (χ3v) is 8.05. The number of thiazole rings is 1. The van der Waals surface area contributed by atoms with Crippen molar-refractivity contribution in [3.63, 3.8) is 0 Å². The molecule has 5 heterocycles. The Morgan fingerprint density at radius 2 is 2.00 bits per heavy atom. The van der Waals surface area contributed by atoms with Crippen LogP contribution in [0.2, 0.25) is 0 Å². The van der Waals surface area contributed by atoms with E-state index in [1.807, 2.05) is 0 Å². The number of rotatable bonds is 8. The van der Waals surface area contributed by atoms with Crippen LogP contribution >= 0.6 is 11.3 Å². The molecule has 0 spiro atoms. The van der Waals surface area contributed by atoms with Gasteiger partial charge in [-0.25, -0.2) is 9.37 Å². The second-order valence-corrected chi connectivity index (χ2v) is 11.7. The number of likely N-dealkylation sites (tertiary alicyclic amines) is 1. The van der Waals surface area contributed by atoms with Crippen molar-refractivity contribution in [2.75, 3.05) is 32.0 Å². The highest BCUT2D eigenvalue weighted by molar-refractivity contribution is 7.17. The van der Waals surface area contributed by atoms with Gasteiger partial charge in [0.2, 0.25) is 11.8 Å². The second-order valence-electron chi connectivity index (χ2n) is 10.7. The van der Waals surface area contributed by atoms with E-state index in [0.717, 1.165) is 37.3 Å². The van der Waals surface area contributed by atoms with Gasteiger partial charge in [-0.1, -0.05) is 17.4 Å². The predicted molar refractivity (Wildman–Crippen MR) is 149 cm³/mol. The molecule has 0 bridgehead atoms. The van der Waals surface area contributed by atoms with Gasteiger partial charge in [0.15, 0.2) is 17.1 Å². The minimum atomic E-state index is -0.988. The number of halogens is 1. The molecule has 5 aromatic rings. The molecule has 0 saturated carbocycles. The lowest BCUT2D eigenvalue weighted by atomic mass is 9.89. The average Bonchev–Trinajstić information content (AvgIpc) is 3.66. The zero-order chi connectivity index (χ0) is 28.0. The summed E-state index contributed by atoms with van der Waals surface area (Å²) in [6, 6.07) is 8.44. The standard InChI is InChI=1S/C27H30FN7O4S/c1-27(2,37)15-39-17-5-6-18(19(28)14-17)16-7-9-33(10-8-16)11-12-34-23-21(40-26(34)36)24-30-22(20-4-3-13-38-20)32-35(24)25(29)31-23/h3-6,13-14,16,37H,7-12,15H2,1-2H3,(H2,29,31). The molecule has 1 saturated heterocycles. The minimum Gasteiger partial charge on any atom is -0.491 e. The summed E-state index contributed by atoms with van der Waals surface area (Å²) >= 11 is 1.07. The van der Waals surface area contributed by atoms with E-state index < -0.39 is 5.60 Å². The van der Waals surface area contributed by atoms with Crippen molar-refractivity contribution in [1.29, 1.82) is 0 Å². The molecule has 6 rings (SSSR count). The number of fused-ring (bicyclic) bond motifs is 3. The Hall–Kier alpha value is -3.81. The third kappa shape index (κ3) is 5.19. The van der Waals surface area contributed by atoms with Crippen LogP contribution in [-0.2, 0) is 6.54 Å². The van der Waals surface area contributed by atoms with E-state index >= 15 is 0 Å². The molecule has 3 N–H and O–H groups in total. The number of anilines is 1. The maximum Gasteiger partial charge on any atom is 0.309 e. The molecule has 40 heavy (non-hydrogen) atoms. The topological polar surface area (TPSA) is 137 Å². The molecule has 0 atom stereocenters. The lowest BCUT2D eigenvalue weighted by Gasteiger charge is -2.32. The fourth-order valence-corrected chi connectivity index (χ4v) is 5.97. The smallest absolute Gasteiger partial charge is 0.309 e. The second kappa shape index (κ2) is 10.3. The SMILES string of the molecule is CC(C)(O)COc1ccc(C2CCN(CCn3c(=O)sc4c3nc(N)n3nc(-c5ccco5)nc43)CC2)c(F)c1. The number of aromatic nitrogens is 5. The summed E-state index contributed by atoms with van der Waals surface area (Å²) < 4.78 is 29.5. The Balaban J connectivity index is 1.12. The van der Waals surface area contributed by atoms with Crippen molar-refractivity contribution in [1.82, 2.24) is 29.0 Å². The maximum absolute atomic E-state index is 14.9. The minimum absolute atomic E-state index is 0.0879. The number of hydrogen-bond donors (Lipinski definition) is 2. The number of hydrogen-bond acceptors (Lipinski definition) is 10. The molecule has 0 unspecified atom stereocenters. The van der Waals surface area contributed by atoms with Crippen molar-refractivity contribution >= 4 is 33.3 Å². The molecule has 1 aliphatic rings. The van der Waals surface area contributed by atoms with Gasteiger partial charge in [-0.05, 0) is 69.5 Å². The van der Waals surface area contributed by atoms with Gasteiger partial charge >= 0.3 is 4.87 Å². The highest BCUT2D eigenvalue weighted by Gasteiger charge is 2.25. The Bertz CT molecular complexity index is 1710. The van der Waals surface area contributed by atoms with E-state index in [1.54, 1.807) is 48.9 Å². The van der Waals surface area contributed by atoms with Gasteiger partial charge in [0, 0.05) is 19.2 Å². The van der Waals surface area contributed by atoms with E-state index in [0.29, 0.717) is 52.0 Å². The zero-order valence-corrected chi connectivity index (χ0v) is 23.0. The predicted octanol–water partition coefficient (Wildman–Crippen LogP) is 3.51. The van der Waals surface area contributed by atoms with Crippen molar-refractivity contribution in [2.24, 2.45) is 0 Å². The number of ether oxygens (including phenoxy) is 1. The van der Waals surface area contributed by atoms with Crippen LogP contribution in [0.1, 0.15) is 38.2 Å². The van der Waals surface area contributed by atoms with Crippen LogP contribution in [0, 0.1) is 5.82 Å². The summed E-state index contributed by atoms with van der Waals surface area (Å²) in [6.45, 7) is 6.05. The largest absolute Gasteiger partial charge is 0.491 e. The van der Waals surface area contributed by atoms with Crippen LogP contribution in [-0.4, -0.2) is 66.0 Å². The summed E-state index contributed by atoms with van der Waals surface area (Å²) in [5.74, 6) is 1.23. The monoisotopic (exact) mass is 567 g/mol. The summed E-state index contributed by atoms with van der Waals surface area (Å²) in [5.41, 5.74) is 6.83. The number of furan rings is 1. The summed E-state index contributed by atoms with van der Waals surface area (Å²) in [5, 5.41) is 14.2. The first-order valence-electron chi connectivity index (χ1n) is 13.1. The summed E-state index contributed by atoms with van der Waals surface area (Å²) in [4.78, 5) is 24.1. The van der Waals surface area contributed by atoms with E-state index in [9.17, 15) is 14.3 Å². The Morgan fingerprint density at radius 1 is 1.20 bits per heavy atom. The number of nitrogens with zero attached hydrogens (tertiary/aromatic N) is 6. The number of nitrogen functional groups attached to an aromatic ring is 1. The first kappa shape index (κ1) is 26.4. The number of piperidine rings is 1. The van der Waals surface area contributed by atoms with Crippen molar-refractivity contribution in [3.8, 4) is 17.3 Å². The number of aliphatic hydroxyl groups is 1. The van der Waals surface area contributed by atoms with Crippen LogP contribution in [0.5, 0.6) is 5.75 Å². The molecule has 13 heteroatoms. The van der Waals surface area contributed by atoms with Crippen LogP contribution in [0.25, 0.3) is 27.6 Å². The first-order chi connectivity index (χ1) is 19.2. The van der Waals surface area contributed by atoms with Crippen LogP contribution in [0.15, 0.2) is 45.8 Å². The van der Waals surface area contributed by atoms with Crippen molar-refractivity contribution in [2.45, 2.75) is 44.8 Å². The van der Waals surface area contributed by atoms with Crippen LogP contribution in [0.3, 0.4) is 0 Å². The van der Waals surface area contributed by atoms with Gasteiger partial charge in [-0.3, -0.25) is 9.36 Å². The van der Waals surface area contributed by atoms with E-state index in [4.69, 9.17) is 14.9 Å².